The number of halogens is 3. The zero-order chi connectivity index (χ0) is 27.2. The van der Waals surface area contributed by atoms with Crippen LogP contribution >= 0.6 is 34.8 Å². The van der Waals surface area contributed by atoms with Crippen molar-refractivity contribution in [1.29, 1.82) is 0 Å². The number of methoxy groups -OCH3 is 1. The minimum atomic E-state index is -0.0800. The van der Waals surface area contributed by atoms with Crippen molar-refractivity contribution in [2.45, 2.75) is 0 Å². The second-order valence-electron chi connectivity index (χ2n) is 9.18. The maximum atomic E-state index is 13.0. The lowest BCUT2D eigenvalue weighted by Crippen LogP contribution is -2.52. The third-order valence-electron chi connectivity index (χ3n) is 6.68. The molecule has 0 atom stereocenters. The fourth-order valence-corrected chi connectivity index (χ4v) is 5.18. The Kier molecular flexibility index (Phi) is 9.79. The molecule has 0 spiro atoms. The molecule has 4 rings (SSSR count). The minimum Gasteiger partial charge on any atom is -0.495 e. The number of ether oxygens (including phenoxy) is 2. The number of nitrogens with zero attached hydrogens (tertiary/aromatic N) is 3. The Morgan fingerprint density at radius 2 is 1.61 bits per heavy atom. The zero-order valence-corrected chi connectivity index (χ0v) is 23.5. The lowest BCUT2D eigenvalue weighted by Gasteiger charge is -2.36. The van der Waals surface area contributed by atoms with Crippen molar-refractivity contribution in [2.75, 3.05) is 78.0 Å². The number of carbonyl (C=O) groups is 2. The summed E-state index contributed by atoms with van der Waals surface area (Å²) in [6.07, 6.45) is 0. The van der Waals surface area contributed by atoms with Gasteiger partial charge in [-0.25, -0.2) is 0 Å². The summed E-state index contributed by atoms with van der Waals surface area (Å²) in [4.78, 5) is 31.5. The molecule has 2 aromatic carbocycles. The van der Waals surface area contributed by atoms with Gasteiger partial charge in [-0.1, -0.05) is 41.4 Å². The quantitative estimate of drug-likeness (QED) is 0.469. The number of hydrogen-bond donors (Lipinski definition) is 1. The molecule has 2 aromatic rings. The average molecular weight is 582 g/mol. The first-order chi connectivity index (χ1) is 18.3. The van der Waals surface area contributed by atoms with Crippen LogP contribution < -0.4 is 10.1 Å². The van der Waals surface area contributed by atoms with Gasteiger partial charge in [0, 0.05) is 78.6 Å². The van der Waals surface area contributed by atoms with Crippen LogP contribution in [0.4, 0.5) is 5.69 Å². The average Bonchev–Trinajstić information content (AvgIpc) is 2.93. The first kappa shape index (κ1) is 28.5. The number of nitrogens with one attached hydrogen (secondary N) is 1. The zero-order valence-electron chi connectivity index (χ0n) is 21.3. The topological polar surface area (TPSA) is 74.4 Å². The van der Waals surface area contributed by atoms with Crippen molar-refractivity contribution in [1.82, 2.24) is 14.7 Å². The second kappa shape index (κ2) is 13.0. The normalized spacial score (nSPS) is 16.3. The Morgan fingerprint density at radius 3 is 2.29 bits per heavy atom. The Balaban J connectivity index is 1.34. The summed E-state index contributed by atoms with van der Waals surface area (Å²) < 4.78 is 10.8. The van der Waals surface area contributed by atoms with Crippen LogP contribution in [0.25, 0.3) is 11.1 Å². The summed E-state index contributed by atoms with van der Waals surface area (Å²) >= 11 is 19.1. The van der Waals surface area contributed by atoms with Crippen molar-refractivity contribution in [3.05, 3.63) is 57.6 Å². The van der Waals surface area contributed by atoms with Crippen LogP contribution in [0.15, 0.2) is 42.5 Å². The van der Waals surface area contributed by atoms with Crippen LogP contribution in [0, 0.1) is 0 Å². The predicted molar refractivity (Wildman–Crippen MR) is 152 cm³/mol. The maximum absolute atomic E-state index is 13.0. The molecule has 0 radical (unpaired) electrons. The van der Waals surface area contributed by atoms with Gasteiger partial charge in [0.15, 0.2) is 0 Å². The summed E-state index contributed by atoms with van der Waals surface area (Å²) in [6.45, 7) is 9.39. The van der Waals surface area contributed by atoms with Crippen LogP contribution in [-0.4, -0.2) is 99.2 Å². The van der Waals surface area contributed by atoms with Gasteiger partial charge in [0.2, 0.25) is 5.91 Å². The monoisotopic (exact) mass is 580 g/mol. The van der Waals surface area contributed by atoms with Gasteiger partial charge in [0.1, 0.15) is 5.75 Å². The predicted octanol–water partition coefficient (Wildman–Crippen LogP) is 4.29. The summed E-state index contributed by atoms with van der Waals surface area (Å²) in [7, 11) is 1.54. The molecule has 0 aromatic heterocycles. The van der Waals surface area contributed by atoms with Crippen LogP contribution in [0.2, 0.25) is 15.1 Å². The van der Waals surface area contributed by atoms with E-state index in [9.17, 15) is 9.59 Å². The van der Waals surface area contributed by atoms with Gasteiger partial charge in [-0.2, -0.15) is 0 Å². The van der Waals surface area contributed by atoms with Gasteiger partial charge in [-0.05, 0) is 24.3 Å². The highest BCUT2D eigenvalue weighted by atomic mass is 35.5. The molecule has 2 aliphatic rings. The van der Waals surface area contributed by atoms with Crippen molar-refractivity contribution in [2.24, 2.45) is 0 Å². The highest BCUT2D eigenvalue weighted by Gasteiger charge is 2.26. The molecule has 1 N–H and O–H groups in total. The largest absolute Gasteiger partial charge is 0.495 e. The van der Waals surface area contributed by atoms with E-state index in [1.165, 1.54) is 7.11 Å². The molecule has 38 heavy (non-hydrogen) atoms. The molecular weight excluding hydrogens is 551 g/mol. The van der Waals surface area contributed by atoms with Gasteiger partial charge in [-0.3, -0.25) is 14.5 Å². The van der Waals surface area contributed by atoms with Crippen molar-refractivity contribution < 1.29 is 19.1 Å². The molecule has 2 fully saturated rings. The van der Waals surface area contributed by atoms with Gasteiger partial charge in [0.05, 0.1) is 37.6 Å². The number of anilines is 1. The van der Waals surface area contributed by atoms with Gasteiger partial charge < -0.3 is 24.6 Å². The molecular formula is C27H31Cl3N4O4. The SMILES string of the molecule is C=C(CN1CCOCC1)C(=O)N1CCN(C(=O)CNc2cc(-c3cc(Cl)ccc3Cl)c(Cl)cc2OC)CC1. The van der Waals surface area contributed by atoms with E-state index in [0.29, 0.717) is 89.1 Å². The number of morpholine rings is 1. The van der Waals surface area contributed by atoms with Crippen LogP contribution in [0.3, 0.4) is 0 Å². The standard InChI is InChI=1S/C27H31Cl3N4O4/c1-18(17-32-9-11-38-12-10-32)27(36)34-7-5-33(6-8-34)26(35)16-31-24-14-21(23(30)15-25(24)37-2)20-13-19(28)3-4-22(20)29/h3-4,13-15,31H,1,5-12,16-17H2,2H3. The maximum Gasteiger partial charge on any atom is 0.250 e. The van der Waals surface area contributed by atoms with E-state index in [-0.39, 0.29) is 18.4 Å². The number of hydrogen-bond acceptors (Lipinski definition) is 6. The molecule has 204 valence electrons. The number of piperazine rings is 1. The number of amides is 2. The summed E-state index contributed by atoms with van der Waals surface area (Å²) in [6, 6.07) is 8.62. The van der Waals surface area contributed by atoms with E-state index in [1.54, 1.807) is 40.1 Å². The Hall–Kier alpha value is -2.49. The van der Waals surface area contributed by atoms with E-state index in [2.05, 4.69) is 16.8 Å². The highest BCUT2D eigenvalue weighted by molar-refractivity contribution is 6.37. The molecule has 11 heteroatoms. The van der Waals surface area contributed by atoms with E-state index in [4.69, 9.17) is 44.3 Å². The Labute approximate surface area is 238 Å². The first-order valence-electron chi connectivity index (χ1n) is 12.4. The third-order valence-corrected chi connectivity index (χ3v) is 7.56. The number of benzene rings is 2. The lowest BCUT2D eigenvalue weighted by molar-refractivity contribution is -0.136. The van der Waals surface area contributed by atoms with Crippen LogP contribution in [0.5, 0.6) is 5.75 Å². The molecule has 2 aliphatic heterocycles. The summed E-state index contributed by atoms with van der Waals surface area (Å²) in [5.41, 5.74) is 2.51. The second-order valence-corrected chi connectivity index (χ2v) is 10.4. The van der Waals surface area contributed by atoms with E-state index >= 15 is 0 Å². The molecule has 8 nitrogen and oxygen atoms in total. The highest BCUT2D eigenvalue weighted by Crippen LogP contribution is 2.40. The van der Waals surface area contributed by atoms with E-state index < -0.39 is 0 Å². The van der Waals surface area contributed by atoms with Crippen molar-refractivity contribution in [3.63, 3.8) is 0 Å². The van der Waals surface area contributed by atoms with Crippen molar-refractivity contribution in [3.8, 4) is 16.9 Å². The Morgan fingerprint density at radius 1 is 0.947 bits per heavy atom. The van der Waals surface area contributed by atoms with Crippen LogP contribution in [-0.2, 0) is 14.3 Å². The molecule has 0 bridgehead atoms. The number of carbonyl (C=O) groups excluding carboxylic acids is 2. The van der Waals surface area contributed by atoms with E-state index in [1.807, 2.05) is 0 Å². The molecule has 0 saturated carbocycles. The molecule has 0 aliphatic carbocycles. The smallest absolute Gasteiger partial charge is 0.250 e. The minimum absolute atomic E-state index is 0.0540. The first-order valence-corrected chi connectivity index (χ1v) is 13.5. The van der Waals surface area contributed by atoms with Gasteiger partial charge >= 0.3 is 0 Å². The van der Waals surface area contributed by atoms with E-state index in [0.717, 1.165) is 13.1 Å². The molecule has 2 amide bonds. The molecule has 0 unspecified atom stereocenters. The number of rotatable bonds is 8. The Bertz CT molecular complexity index is 1200. The van der Waals surface area contributed by atoms with Gasteiger partial charge in [-0.15, -0.1) is 0 Å². The summed E-state index contributed by atoms with van der Waals surface area (Å²) in [5, 5.41) is 4.65. The van der Waals surface area contributed by atoms with Gasteiger partial charge in [0.25, 0.3) is 5.91 Å². The third kappa shape index (κ3) is 6.93. The summed E-state index contributed by atoms with van der Waals surface area (Å²) in [5.74, 6) is 0.363. The molecule has 2 saturated heterocycles. The molecule has 2 heterocycles. The fourth-order valence-electron chi connectivity index (χ4n) is 4.53. The lowest BCUT2D eigenvalue weighted by atomic mass is 10.0. The van der Waals surface area contributed by atoms with Crippen LogP contribution in [0.1, 0.15) is 0 Å². The van der Waals surface area contributed by atoms with Crippen molar-refractivity contribution >= 4 is 52.3 Å². The fraction of sp³-hybridized carbons (Fsp3) is 0.407.